The highest BCUT2D eigenvalue weighted by atomic mass is 127. The molecule has 0 amide bonds. The van der Waals surface area contributed by atoms with Gasteiger partial charge in [-0.05, 0) is 18.1 Å². The van der Waals surface area contributed by atoms with Crippen LogP contribution in [0.3, 0.4) is 0 Å². The van der Waals surface area contributed by atoms with Crippen LogP contribution >= 0.6 is 24.0 Å². The van der Waals surface area contributed by atoms with Crippen molar-refractivity contribution < 1.29 is 13.2 Å². The smallest absolute Gasteiger partial charge is 0.368 e. The Labute approximate surface area is 151 Å². The summed E-state index contributed by atoms with van der Waals surface area (Å²) in [5.74, 6) is 0.925. The van der Waals surface area contributed by atoms with Gasteiger partial charge in [-0.2, -0.15) is 13.2 Å². The highest BCUT2D eigenvalue weighted by Gasteiger charge is 2.33. The van der Waals surface area contributed by atoms with Crippen molar-refractivity contribution in [3.63, 3.8) is 0 Å². The van der Waals surface area contributed by atoms with E-state index in [0.717, 1.165) is 12.6 Å². The molecule has 1 aromatic heterocycles. The number of halogens is 4. The number of anilines is 1. The van der Waals surface area contributed by atoms with Crippen LogP contribution in [0.2, 0.25) is 0 Å². The highest BCUT2D eigenvalue weighted by Crippen LogP contribution is 2.33. The summed E-state index contributed by atoms with van der Waals surface area (Å²) in [5.41, 5.74) is -0.766. The van der Waals surface area contributed by atoms with Crippen LogP contribution in [-0.4, -0.2) is 37.6 Å². The average molecular weight is 445 g/mol. The van der Waals surface area contributed by atoms with Gasteiger partial charge in [-0.15, -0.1) is 24.0 Å². The normalized spacial score (nSPS) is 11.9. The van der Waals surface area contributed by atoms with Crippen LogP contribution in [0, 0.1) is 5.92 Å². The molecule has 0 spiro atoms. The number of hydrogen-bond acceptors (Lipinski definition) is 3. The first-order valence-electron chi connectivity index (χ1n) is 7.05. The molecule has 0 aliphatic heterocycles. The number of guanidine groups is 1. The number of hydrogen-bond donors (Lipinski definition) is 3. The summed E-state index contributed by atoms with van der Waals surface area (Å²) in [6.07, 6.45) is -3.09. The minimum absolute atomic E-state index is 0. The molecule has 132 valence electrons. The second-order valence-electron chi connectivity index (χ2n) is 5.10. The highest BCUT2D eigenvalue weighted by molar-refractivity contribution is 14.0. The van der Waals surface area contributed by atoms with Gasteiger partial charge in [0.1, 0.15) is 5.82 Å². The number of alkyl halides is 3. The molecule has 23 heavy (non-hydrogen) atoms. The largest absolute Gasteiger partial charge is 0.419 e. The molecule has 1 heterocycles. The fourth-order valence-electron chi connectivity index (χ4n) is 1.66. The first-order chi connectivity index (χ1) is 10.3. The lowest BCUT2D eigenvalue weighted by Gasteiger charge is -2.15. The number of aromatic nitrogens is 1. The van der Waals surface area contributed by atoms with Crippen molar-refractivity contribution in [2.75, 3.05) is 32.0 Å². The second-order valence-corrected chi connectivity index (χ2v) is 5.10. The third kappa shape index (κ3) is 8.24. The SMILES string of the molecule is CN=C(NCCNc1ncccc1C(F)(F)F)NCC(C)C.I. The van der Waals surface area contributed by atoms with Crippen LogP contribution < -0.4 is 16.0 Å². The molecule has 1 rings (SSSR count). The Balaban J connectivity index is 0.00000484. The zero-order chi connectivity index (χ0) is 16.6. The Morgan fingerprint density at radius 3 is 2.52 bits per heavy atom. The van der Waals surface area contributed by atoms with Crippen molar-refractivity contribution in [2.24, 2.45) is 10.9 Å². The molecule has 0 saturated carbocycles. The second kappa shape index (κ2) is 10.5. The van der Waals surface area contributed by atoms with Gasteiger partial charge in [0.25, 0.3) is 0 Å². The van der Waals surface area contributed by atoms with Gasteiger partial charge in [0.2, 0.25) is 0 Å². The van der Waals surface area contributed by atoms with Crippen LogP contribution in [-0.2, 0) is 6.18 Å². The monoisotopic (exact) mass is 445 g/mol. The van der Waals surface area contributed by atoms with Crippen molar-refractivity contribution in [3.8, 4) is 0 Å². The Hall–Kier alpha value is -1.26. The van der Waals surface area contributed by atoms with E-state index in [2.05, 4.69) is 39.8 Å². The molecule has 9 heteroatoms. The first-order valence-corrected chi connectivity index (χ1v) is 7.05. The molecule has 0 atom stereocenters. The summed E-state index contributed by atoms with van der Waals surface area (Å²) < 4.78 is 38.4. The van der Waals surface area contributed by atoms with Gasteiger partial charge in [0, 0.05) is 32.9 Å². The molecule has 3 N–H and O–H groups in total. The molecular weight excluding hydrogens is 422 g/mol. The Morgan fingerprint density at radius 1 is 1.26 bits per heavy atom. The summed E-state index contributed by atoms with van der Waals surface area (Å²) >= 11 is 0. The first kappa shape index (κ1) is 21.7. The molecule has 5 nitrogen and oxygen atoms in total. The predicted octanol–water partition coefficient (Wildman–Crippen LogP) is 2.95. The van der Waals surface area contributed by atoms with E-state index in [1.54, 1.807) is 7.05 Å². The number of aliphatic imine (C=N–C) groups is 1. The van der Waals surface area contributed by atoms with E-state index in [0.29, 0.717) is 25.0 Å². The minimum Gasteiger partial charge on any atom is -0.368 e. The molecule has 0 aliphatic rings. The van der Waals surface area contributed by atoms with Crippen LogP contribution in [0.4, 0.5) is 19.0 Å². The van der Waals surface area contributed by atoms with Crippen LogP contribution in [0.15, 0.2) is 23.3 Å². The zero-order valence-electron chi connectivity index (χ0n) is 13.4. The van der Waals surface area contributed by atoms with Crippen molar-refractivity contribution in [1.29, 1.82) is 0 Å². The van der Waals surface area contributed by atoms with E-state index in [9.17, 15) is 13.2 Å². The molecule has 0 aliphatic carbocycles. The molecule has 0 aromatic carbocycles. The topological polar surface area (TPSA) is 61.3 Å². The minimum atomic E-state index is -4.42. The van der Waals surface area contributed by atoms with E-state index in [4.69, 9.17) is 0 Å². The van der Waals surface area contributed by atoms with E-state index in [-0.39, 0.29) is 29.8 Å². The van der Waals surface area contributed by atoms with Crippen molar-refractivity contribution in [3.05, 3.63) is 23.9 Å². The van der Waals surface area contributed by atoms with Gasteiger partial charge in [-0.1, -0.05) is 13.8 Å². The fraction of sp³-hybridized carbons (Fsp3) is 0.571. The molecule has 0 saturated heterocycles. The van der Waals surface area contributed by atoms with Gasteiger partial charge in [0.15, 0.2) is 5.96 Å². The van der Waals surface area contributed by atoms with Gasteiger partial charge in [0.05, 0.1) is 5.56 Å². The van der Waals surface area contributed by atoms with Gasteiger partial charge >= 0.3 is 6.18 Å². The van der Waals surface area contributed by atoms with Crippen molar-refractivity contribution in [2.45, 2.75) is 20.0 Å². The van der Waals surface area contributed by atoms with Crippen LogP contribution in [0.25, 0.3) is 0 Å². The van der Waals surface area contributed by atoms with E-state index in [1.807, 2.05) is 0 Å². The summed E-state index contributed by atoms with van der Waals surface area (Å²) in [6, 6.07) is 2.27. The third-order valence-electron chi connectivity index (χ3n) is 2.72. The lowest BCUT2D eigenvalue weighted by atomic mass is 10.2. The summed E-state index contributed by atoms with van der Waals surface area (Å²) in [6.45, 7) is 5.63. The Morgan fingerprint density at radius 2 is 1.96 bits per heavy atom. The number of nitrogens with zero attached hydrogens (tertiary/aromatic N) is 2. The third-order valence-corrected chi connectivity index (χ3v) is 2.72. The average Bonchev–Trinajstić information content (AvgIpc) is 2.45. The maximum atomic E-state index is 12.8. The van der Waals surface area contributed by atoms with Crippen LogP contribution in [0.5, 0.6) is 0 Å². The Kier molecular flexibility index (Phi) is 9.93. The van der Waals surface area contributed by atoms with Crippen molar-refractivity contribution >= 4 is 35.8 Å². The summed E-state index contributed by atoms with van der Waals surface area (Å²) in [7, 11) is 1.64. The van der Waals surface area contributed by atoms with Crippen LogP contribution in [0.1, 0.15) is 19.4 Å². The maximum absolute atomic E-state index is 12.8. The zero-order valence-corrected chi connectivity index (χ0v) is 15.7. The summed E-state index contributed by atoms with van der Waals surface area (Å²) in [5, 5.41) is 8.83. The van der Waals surface area contributed by atoms with Gasteiger partial charge < -0.3 is 16.0 Å². The molecular formula is C14H23F3IN5. The molecule has 0 radical (unpaired) electrons. The summed E-state index contributed by atoms with van der Waals surface area (Å²) in [4.78, 5) is 7.77. The lowest BCUT2D eigenvalue weighted by molar-refractivity contribution is -0.137. The Bertz CT molecular complexity index is 492. The van der Waals surface area contributed by atoms with Crippen molar-refractivity contribution in [1.82, 2.24) is 15.6 Å². The number of pyridine rings is 1. The molecule has 0 unspecified atom stereocenters. The van der Waals surface area contributed by atoms with E-state index in [1.165, 1.54) is 12.3 Å². The molecule has 1 aromatic rings. The maximum Gasteiger partial charge on any atom is 0.419 e. The molecule has 0 fully saturated rings. The number of rotatable bonds is 6. The number of nitrogens with one attached hydrogen (secondary N) is 3. The predicted molar refractivity (Wildman–Crippen MR) is 97.3 cm³/mol. The quantitative estimate of drug-likeness (QED) is 0.273. The lowest BCUT2D eigenvalue weighted by Crippen LogP contribution is -2.41. The fourth-order valence-corrected chi connectivity index (χ4v) is 1.66. The van der Waals surface area contributed by atoms with Gasteiger partial charge in [-0.25, -0.2) is 4.98 Å². The standard InChI is InChI=1S/C14H22F3N5.HI/c1-10(2)9-22-13(18-3)21-8-7-20-12-11(14(15,16)17)5-4-6-19-12;/h4-6,10H,7-9H2,1-3H3,(H,19,20)(H2,18,21,22);1H. The molecule has 0 bridgehead atoms. The van der Waals surface area contributed by atoms with Gasteiger partial charge in [-0.3, -0.25) is 4.99 Å². The van der Waals surface area contributed by atoms with E-state index < -0.39 is 11.7 Å². The van der Waals surface area contributed by atoms with E-state index >= 15 is 0 Å².